The molecule has 2 fully saturated rings. The minimum atomic E-state index is 0.285. The van der Waals surface area contributed by atoms with E-state index in [4.69, 9.17) is 0 Å². The van der Waals surface area contributed by atoms with Gasteiger partial charge in [-0.05, 0) is 26.7 Å². The van der Waals surface area contributed by atoms with Gasteiger partial charge in [0.25, 0.3) is 0 Å². The van der Waals surface area contributed by atoms with E-state index in [-0.39, 0.29) is 5.91 Å². The highest BCUT2D eigenvalue weighted by Gasteiger charge is 2.43. The molecule has 0 N–H and O–H groups in total. The molecule has 0 aliphatic carbocycles. The first-order valence-electron chi connectivity index (χ1n) is 8.45. The van der Waals surface area contributed by atoms with Gasteiger partial charge >= 0.3 is 0 Å². The smallest absolute Gasteiger partial charge is 0.223 e. The molecule has 2 aromatic heterocycles. The Morgan fingerprint density at radius 3 is 2.33 bits per heavy atom. The molecular weight excluding hydrogens is 340 g/mol. The summed E-state index contributed by atoms with van der Waals surface area (Å²) in [6.07, 6.45) is 2.68. The number of carbonyl (C=O) groups is 1. The molecule has 0 aromatic carbocycles. The van der Waals surface area contributed by atoms with Crippen molar-refractivity contribution in [2.75, 3.05) is 6.54 Å². The molecule has 4 rings (SSSR count). The maximum Gasteiger partial charge on any atom is 0.223 e. The van der Waals surface area contributed by atoms with Gasteiger partial charge in [0, 0.05) is 42.4 Å². The monoisotopic (exact) mass is 362 g/mol. The number of hydrogen-bond acceptors (Lipinski definition) is 6. The molecular formula is C17H22N4OS2. The first kappa shape index (κ1) is 16.2. The summed E-state index contributed by atoms with van der Waals surface area (Å²) in [6, 6.07) is 0.789. The van der Waals surface area contributed by atoms with Gasteiger partial charge in [-0.25, -0.2) is 9.97 Å². The van der Waals surface area contributed by atoms with E-state index in [0.29, 0.717) is 25.0 Å². The minimum Gasteiger partial charge on any atom is -0.332 e. The Balaban J connectivity index is 1.48. The van der Waals surface area contributed by atoms with Crippen molar-refractivity contribution in [1.82, 2.24) is 19.8 Å². The first-order chi connectivity index (χ1) is 11.6. The molecule has 4 heterocycles. The van der Waals surface area contributed by atoms with Crippen molar-refractivity contribution in [2.24, 2.45) is 0 Å². The molecule has 0 bridgehead atoms. The summed E-state index contributed by atoms with van der Waals surface area (Å²) in [5.41, 5.74) is 2.19. The highest BCUT2D eigenvalue weighted by atomic mass is 32.1. The van der Waals surface area contributed by atoms with Crippen molar-refractivity contribution < 1.29 is 4.79 Å². The molecule has 128 valence electrons. The van der Waals surface area contributed by atoms with Gasteiger partial charge in [0.15, 0.2) is 0 Å². The fourth-order valence-electron chi connectivity index (χ4n) is 3.98. The molecule has 7 heteroatoms. The lowest BCUT2D eigenvalue weighted by Crippen LogP contribution is -2.51. The second-order valence-corrected chi connectivity index (χ2v) is 8.79. The van der Waals surface area contributed by atoms with E-state index in [1.165, 1.54) is 0 Å². The van der Waals surface area contributed by atoms with Crippen LogP contribution in [-0.2, 0) is 17.9 Å². The van der Waals surface area contributed by atoms with Gasteiger partial charge in [-0.3, -0.25) is 9.69 Å². The molecule has 2 aromatic rings. The van der Waals surface area contributed by atoms with Crippen LogP contribution in [0.2, 0.25) is 0 Å². The zero-order valence-electron chi connectivity index (χ0n) is 14.1. The highest BCUT2D eigenvalue weighted by molar-refractivity contribution is 7.09. The molecule has 1 amide bonds. The van der Waals surface area contributed by atoms with Crippen molar-refractivity contribution in [3.8, 4) is 0 Å². The second kappa shape index (κ2) is 6.54. The summed E-state index contributed by atoms with van der Waals surface area (Å²) in [4.78, 5) is 26.2. The number of piperidine rings is 1. The van der Waals surface area contributed by atoms with Crippen LogP contribution in [0.4, 0.5) is 0 Å². The van der Waals surface area contributed by atoms with Crippen molar-refractivity contribution in [2.45, 2.75) is 58.3 Å². The average molecular weight is 363 g/mol. The van der Waals surface area contributed by atoms with Gasteiger partial charge < -0.3 is 4.90 Å². The van der Waals surface area contributed by atoms with Crippen molar-refractivity contribution in [3.63, 3.8) is 0 Å². The Hall–Kier alpha value is -1.31. The third-order valence-corrected chi connectivity index (χ3v) is 6.68. The van der Waals surface area contributed by atoms with Crippen molar-refractivity contribution >= 4 is 28.6 Å². The summed E-state index contributed by atoms with van der Waals surface area (Å²) in [5.74, 6) is 0.285. The van der Waals surface area contributed by atoms with E-state index < -0.39 is 0 Å². The third kappa shape index (κ3) is 3.12. The number of aromatic nitrogens is 2. The minimum absolute atomic E-state index is 0.285. The van der Waals surface area contributed by atoms with E-state index in [2.05, 4.69) is 37.5 Å². The maximum atomic E-state index is 12.5. The molecule has 0 radical (unpaired) electrons. The number of likely N-dealkylation sites (tertiary alicyclic amines) is 2. The van der Waals surface area contributed by atoms with Crippen LogP contribution in [-0.4, -0.2) is 44.3 Å². The van der Waals surface area contributed by atoms with Crippen LogP contribution in [0.15, 0.2) is 10.8 Å². The molecule has 0 spiro atoms. The van der Waals surface area contributed by atoms with Gasteiger partial charge in [-0.15, -0.1) is 22.7 Å². The molecule has 2 aliphatic rings. The molecule has 5 nitrogen and oxygen atoms in total. The Morgan fingerprint density at radius 2 is 1.71 bits per heavy atom. The number of aryl methyl sites for hydroxylation is 2. The SMILES string of the molecule is Cc1nc(CN2CC[C@H]3[C@H]2CCC(=O)N3Cc2csc(C)n2)cs1. The largest absolute Gasteiger partial charge is 0.332 e. The predicted octanol–water partition coefficient (Wildman–Crippen LogP) is 2.98. The summed E-state index contributed by atoms with van der Waals surface area (Å²) >= 11 is 3.37. The van der Waals surface area contributed by atoms with Gasteiger partial charge in [-0.1, -0.05) is 0 Å². The zero-order chi connectivity index (χ0) is 16.7. The predicted molar refractivity (Wildman–Crippen MR) is 96.1 cm³/mol. The summed E-state index contributed by atoms with van der Waals surface area (Å²) < 4.78 is 0. The molecule has 24 heavy (non-hydrogen) atoms. The Kier molecular flexibility index (Phi) is 4.40. The van der Waals surface area contributed by atoms with Crippen LogP contribution in [0.25, 0.3) is 0 Å². The highest BCUT2D eigenvalue weighted by Crippen LogP contribution is 2.33. The fourth-order valence-corrected chi connectivity index (χ4v) is 5.19. The number of carbonyl (C=O) groups excluding carboxylic acids is 1. The lowest BCUT2D eigenvalue weighted by molar-refractivity contribution is -0.138. The number of amides is 1. The van der Waals surface area contributed by atoms with Crippen LogP contribution in [0.5, 0.6) is 0 Å². The summed E-state index contributed by atoms with van der Waals surface area (Å²) in [7, 11) is 0. The topological polar surface area (TPSA) is 49.3 Å². The Morgan fingerprint density at radius 1 is 1.04 bits per heavy atom. The summed E-state index contributed by atoms with van der Waals surface area (Å²) in [5, 5.41) is 6.43. The lowest BCUT2D eigenvalue weighted by atomic mass is 9.96. The molecule has 2 aliphatic heterocycles. The first-order valence-corrected chi connectivity index (χ1v) is 10.2. The normalized spacial score (nSPS) is 24.6. The molecule has 0 unspecified atom stereocenters. The molecule has 2 atom stereocenters. The van der Waals surface area contributed by atoms with Crippen LogP contribution >= 0.6 is 22.7 Å². The van der Waals surface area contributed by atoms with Gasteiger partial charge in [0.1, 0.15) is 0 Å². The summed E-state index contributed by atoms with van der Waals surface area (Å²) in [6.45, 7) is 6.68. The Labute approximate surface area is 150 Å². The number of fused-ring (bicyclic) bond motifs is 1. The molecule has 0 saturated carbocycles. The van der Waals surface area contributed by atoms with E-state index in [0.717, 1.165) is 47.3 Å². The zero-order valence-corrected chi connectivity index (χ0v) is 15.7. The third-order valence-electron chi connectivity index (χ3n) is 5.03. The molecule has 2 saturated heterocycles. The van der Waals surface area contributed by atoms with E-state index in [1.807, 2.05) is 6.92 Å². The number of nitrogens with zero attached hydrogens (tertiary/aromatic N) is 4. The Bertz CT molecular complexity index is 741. The van der Waals surface area contributed by atoms with Crippen LogP contribution < -0.4 is 0 Å². The van der Waals surface area contributed by atoms with Crippen LogP contribution in [0, 0.1) is 13.8 Å². The quantitative estimate of drug-likeness (QED) is 0.839. The van der Waals surface area contributed by atoms with Crippen LogP contribution in [0.1, 0.15) is 40.7 Å². The maximum absolute atomic E-state index is 12.5. The average Bonchev–Trinajstić information content (AvgIpc) is 3.24. The van der Waals surface area contributed by atoms with Crippen molar-refractivity contribution in [1.29, 1.82) is 0 Å². The number of thiazole rings is 2. The van der Waals surface area contributed by atoms with E-state index in [9.17, 15) is 4.79 Å². The van der Waals surface area contributed by atoms with Gasteiger partial charge in [-0.2, -0.15) is 0 Å². The number of hydrogen-bond donors (Lipinski definition) is 0. The fraction of sp³-hybridized carbons (Fsp3) is 0.588. The van der Waals surface area contributed by atoms with Gasteiger partial charge in [0.05, 0.1) is 27.9 Å². The standard InChI is InChI=1S/C17H22N4OS2/c1-11-18-13(9-23-11)7-20-6-5-16-15(20)3-4-17(22)21(16)8-14-10-24-12(2)19-14/h9-10,15-16H,3-8H2,1-2H3/t15-,16+/m1/s1. The van der Waals surface area contributed by atoms with Crippen molar-refractivity contribution in [3.05, 3.63) is 32.2 Å². The number of rotatable bonds is 4. The van der Waals surface area contributed by atoms with E-state index in [1.54, 1.807) is 22.7 Å². The lowest BCUT2D eigenvalue weighted by Gasteiger charge is -2.39. The second-order valence-electron chi connectivity index (χ2n) is 6.67. The van der Waals surface area contributed by atoms with Crippen LogP contribution in [0.3, 0.4) is 0 Å². The van der Waals surface area contributed by atoms with E-state index >= 15 is 0 Å². The van der Waals surface area contributed by atoms with Gasteiger partial charge in [0.2, 0.25) is 5.91 Å².